The Bertz CT molecular complexity index is 1640. The Balaban J connectivity index is 0.000000270. The number of hydrogen-bond donors (Lipinski definition) is 4. The van der Waals surface area contributed by atoms with Gasteiger partial charge in [0.05, 0.1) is 36.5 Å². The summed E-state index contributed by atoms with van der Waals surface area (Å²) in [5.41, 5.74) is 1.31. The largest absolute Gasteiger partial charge is 0.392 e. The fourth-order valence-electron chi connectivity index (χ4n) is 6.02. The van der Waals surface area contributed by atoms with Crippen LogP contribution >= 0.6 is 0 Å². The number of hydrogen-bond acceptors (Lipinski definition) is 8. The van der Waals surface area contributed by atoms with E-state index in [4.69, 9.17) is 10.5 Å². The van der Waals surface area contributed by atoms with Crippen LogP contribution in [0.25, 0.3) is 0 Å². The molecule has 0 aliphatic rings. The predicted octanol–water partition coefficient (Wildman–Crippen LogP) is 5.53. The van der Waals surface area contributed by atoms with Crippen LogP contribution in [0.3, 0.4) is 0 Å². The first-order valence-corrected chi connectivity index (χ1v) is 16.4. The van der Waals surface area contributed by atoms with Gasteiger partial charge in [-0.15, -0.1) is 0 Å². The molecule has 2 atom stereocenters. The second kappa shape index (κ2) is 18.5. The maximum Gasteiger partial charge on any atom is 0.123 e. The maximum absolute atomic E-state index is 13.3. The molecule has 50 heavy (non-hydrogen) atoms. The minimum atomic E-state index is -1.37. The van der Waals surface area contributed by atoms with Crippen LogP contribution < -0.4 is 0 Å². The Hall–Kier alpha value is -4.52. The van der Waals surface area contributed by atoms with Crippen LogP contribution in [0.1, 0.15) is 70.2 Å². The Morgan fingerprint density at radius 2 is 0.920 bits per heavy atom. The molecule has 4 aromatic carbocycles. The summed E-state index contributed by atoms with van der Waals surface area (Å²) >= 11 is 0. The van der Waals surface area contributed by atoms with Gasteiger partial charge in [-0.25, -0.2) is 8.78 Å². The van der Waals surface area contributed by atoms with Gasteiger partial charge in [0.25, 0.3) is 0 Å². The molecule has 0 amide bonds. The van der Waals surface area contributed by atoms with Crippen molar-refractivity contribution in [3.8, 4) is 12.1 Å². The third-order valence-electron chi connectivity index (χ3n) is 8.63. The van der Waals surface area contributed by atoms with Crippen LogP contribution in [-0.2, 0) is 24.4 Å². The topological polar surface area (TPSA) is 135 Å². The van der Waals surface area contributed by atoms with Crippen molar-refractivity contribution in [2.24, 2.45) is 0 Å². The third kappa shape index (κ3) is 10.3. The van der Waals surface area contributed by atoms with E-state index in [0.29, 0.717) is 70.2 Å². The van der Waals surface area contributed by atoms with Gasteiger partial charge in [0.2, 0.25) is 0 Å². The van der Waals surface area contributed by atoms with E-state index in [2.05, 4.69) is 0 Å². The van der Waals surface area contributed by atoms with E-state index in [9.17, 15) is 29.2 Å². The van der Waals surface area contributed by atoms with Crippen molar-refractivity contribution in [3.05, 3.63) is 141 Å². The van der Waals surface area contributed by atoms with Gasteiger partial charge in [0, 0.05) is 0 Å². The predicted molar refractivity (Wildman–Crippen MR) is 189 cm³/mol. The zero-order chi connectivity index (χ0) is 36.9. The molecule has 4 N–H and O–H groups in total. The van der Waals surface area contributed by atoms with Crippen molar-refractivity contribution in [2.75, 3.05) is 41.3 Å². The summed E-state index contributed by atoms with van der Waals surface area (Å²) in [5, 5.41) is 60.6. The van der Waals surface area contributed by atoms with E-state index in [-0.39, 0.29) is 24.8 Å². The molecule has 0 aromatic heterocycles. The van der Waals surface area contributed by atoms with Gasteiger partial charge in [0.1, 0.15) is 22.8 Å². The van der Waals surface area contributed by atoms with Crippen LogP contribution in [-0.4, -0.2) is 71.5 Å². The van der Waals surface area contributed by atoms with Crippen molar-refractivity contribution in [1.82, 2.24) is 9.80 Å². The monoisotopic (exact) mass is 684 g/mol. The van der Waals surface area contributed by atoms with Gasteiger partial charge in [-0.05, 0) is 149 Å². The molecular formula is C40H46F2N4O4. The highest BCUT2D eigenvalue weighted by Crippen LogP contribution is 2.38. The number of benzene rings is 4. The molecule has 264 valence electrons. The SMILES string of the molecule is CN(C)CCC[C@@](O)(c1ccc(F)cc1)c1ccc(C#N)cc1CO.CN(C)CCC[C@](O)(c1ccc(F)cc1)c1ccc(C#N)cc1CO. The number of nitriles is 2. The molecule has 0 bridgehead atoms. The molecule has 0 unspecified atom stereocenters. The molecular weight excluding hydrogens is 638 g/mol. The zero-order valence-electron chi connectivity index (χ0n) is 29.1. The highest BCUT2D eigenvalue weighted by molar-refractivity contribution is 5.46. The number of aliphatic hydroxyl groups is 4. The summed E-state index contributed by atoms with van der Waals surface area (Å²) in [6, 6.07) is 25.3. The average Bonchev–Trinajstić information content (AvgIpc) is 3.11. The molecule has 0 aliphatic heterocycles. The molecule has 0 spiro atoms. The summed E-state index contributed by atoms with van der Waals surface area (Å²) in [7, 11) is 7.82. The van der Waals surface area contributed by atoms with E-state index >= 15 is 0 Å². The van der Waals surface area contributed by atoms with Crippen molar-refractivity contribution < 1.29 is 29.2 Å². The minimum Gasteiger partial charge on any atom is -0.392 e. The highest BCUT2D eigenvalue weighted by atomic mass is 19.1. The first-order valence-electron chi connectivity index (χ1n) is 16.4. The second-order valence-corrected chi connectivity index (χ2v) is 12.8. The molecule has 0 saturated carbocycles. The van der Waals surface area contributed by atoms with Crippen molar-refractivity contribution >= 4 is 0 Å². The van der Waals surface area contributed by atoms with E-state index in [1.165, 1.54) is 24.3 Å². The quantitative estimate of drug-likeness (QED) is 0.136. The summed E-state index contributed by atoms with van der Waals surface area (Å²) < 4.78 is 26.6. The van der Waals surface area contributed by atoms with Gasteiger partial charge >= 0.3 is 0 Å². The Labute approximate surface area is 293 Å². The number of rotatable bonds is 14. The number of nitrogens with zero attached hydrogens (tertiary/aromatic N) is 4. The van der Waals surface area contributed by atoms with Gasteiger partial charge in [-0.2, -0.15) is 10.5 Å². The summed E-state index contributed by atoms with van der Waals surface area (Å²) in [6.07, 6.45) is 2.25. The summed E-state index contributed by atoms with van der Waals surface area (Å²) in [6.45, 7) is 0.993. The van der Waals surface area contributed by atoms with E-state index in [1.54, 1.807) is 60.7 Å². The van der Waals surface area contributed by atoms with Gasteiger partial charge in [0.15, 0.2) is 0 Å². The molecule has 0 radical (unpaired) electrons. The fraction of sp³-hybridized carbons (Fsp3) is 0.350. The van der Waals surface area contributed by atoms with E-state index < -0.39 is 11.2 Å². The lowest BCUT2D eigenvalue weighted by atomic mass is 9.80. The average molecular weight is 685 g/mol. The van der Waals surface area contributed by atoms with Crippen LogP contribution in [0.4, 0.5) is 8.78 Å². The Morgan fingerprint density at radius 1 is 0.580 bits per heavy atom. The first-order chi connectivity index (χ1) is 23.8. The van der Waals surface area contributed by atoms with E-state index in [1.807, 2.05) is 50.1 Å². The zero-order valence-corrected chi connectivity index (χ0v) is 29.1. The third-order valence-corrected chi connectivity index (χ3v) is 8.63. The molecule has 0 fully saturated rings. The lowest BCUT2D eigenvalue weighted by Crippen LogP contribution is -2.30. The second-order valence-electron chi connectivity index (χ2n) is 12.8. The van der Waals surface area contributed by atoms with Crippen LogP contribution in [0.2, 0.25) is 0 Å². The first kappa shape index (κ1) is 39.9. The van der Waals surface area contributed by atoms with E-state index in [0.717, 1.165) is 13.1 Å². The lowest BCUT2D eigenvalue weighted by molar-refractivity contribution is 0.0637. The summed E-state index contributed by atoms with van der Waals surface area (Å²) in [5.74, 6) is -0.747. The maximum atomic E-state index is 13.3. The van der Waals surface area contributed by atoms with Crippen LogP contribution in [0, 0.1) is 34.3 Å². The highest BCUT2D eigenvalue weighted by Gasteiger charge is 2.34. The van der Waals surface area contributed by atoms with Crippen LogP contribution in [0.15, 0.2) is 84.9 Å². The normalized spacial score (nSPS) is 13.5. The van der Waals surface area contributed by atoms with Gasteiger partial charge in [-0.1, -0.05) is 36.4 Å². The summed E-state index contributed by atoms with van der Waals surface area (Å²) in [4.78, 5) is 4.05. The molecule has 4 rings (SSSR count). The van der Waals surface area contributed by atoms with Crippen molar-refractivity contribution in [2.45, 2.75) is 50.1 Å². The molecule has 10 heteroatoms. The Kier molecular flexibility index (Phi) is 14.7. The lowest BCUT2D eigenvalue weighted by Gasteiger charge is -2.32. The minimum absolute atomic E-state index is 0.290. The molecule has 0 aliphatic carbocycles. The number of aliphatic hydroxyl groups excluding tert-OH is 2. The molecule has 4 aromatic rings. The van der Waals surface area contributed by atoms with Crippen molar-refractivity contribution in [3.63, 3.8) is 0 Å². The molecule has 8 nitrogen and oxygen atoms in total. The van der Waals surface area contributed by atoms with Gasteiger partial charge in [-0.3, -0.25) is 0 Å². The van der Waals surface area contributed by atoms with Crippen molar-refractivity contribution in [1.29, 1.82) is 10.5 Å². The Morgan fingerprint density at radius 3 is 1.20 bits per heavy atom. The molecule has 0 saturated heterocycles. The fourth-order valence-corrected chi connectivity index (χ4v) is 6.02. The van der Waals surface area contributed by atoms with Crippen LogP contribution in [0.5, 0.6) is 0 Å². The van der Waals surface area contributed by atoms with Gasteiger partial charge < -0.3 is 30.2 Å². The standard InChI is InChI=1S/2C20H23FN2O2/c2*1-23(2)11-3-10-20(25,17-5-7-18(21)8-6-17)19-9-4-15(13-22)12-16(19)14-24/h2*4-9,12,24-25H,3,10-11,14H2,1-2H3/t2*20-/m10/s1. The smallest absolute Gasteiger partial charge is 0.123 e. The number of halogens is 2. The molecule has 0 heterocycles.